The molecule has 5 heterocycles. The monoisotopic (exact) mass is 526 g/mol. The molecule has 2 saturated heterocycles. The molecule has 2 aliphatic heterocycles. The third kappa shape index (κ3) is 5.35. The van der Waals surface area contributed by atoms with Crippen LogP contribution >= 0.6 is 11.8 Å². The molecule has 2 unspecified atom stereocenters. The van der Waals surface area contributed by atoms with Crippen LogP contribution in [-0.2, 0) is 26.2 Å². The highest BCUT2D eigenvalue weighted by molar-refractivity contribution is 7.99. The van der Waals surface area contributed by atoms with Crippen molar-refractivity contribution in [3.8, 4) is 0 Å². The molecule has 0 radical (unpaired) electrons. The number of thioether (sulfide) groups is 1. The molecule has 3 aromatic heterocycles. The second-order valence-electron chi connectivity index (χ2n) is 11.3. The van der Waals surface area contributed by atoms with E-state index in [0.29, 0.717) is 5.82 Å². The summed E-state index contributed by atoms with van der Waals surface area (Å²) in [5.41, 5.74) is 10.3. The van der Waals surface area contributed by atoms with Crippen molar-refractivity contribution in [2.24, 2.45) is 0 Å². The van der Waals surface area contributed by atoms with Gasteiger partial charge >= 0.3 is 0 Å². The molecule has 200 valence electrons. The van der Waals surface area contributed by atoms with E-state index in [1.54, 1.807) is 0 Å². The van der Waals surface area contributed by atoms with Gasteiger partial charge in [0.1, 0.15) is 30.0 Å². The maximum atomic E-state index is 6.56. The van der Waals surface area contributed by atoms with Crippen LogP contribution in [-0.4, -0.2) is 61.7 Å². The van der Waals surface area contributed by atoms with Crippen molar-refractivity contribution in [3.05, 3.63) is 47.7 Å². The average Bonchev–Trinajstić information content (AvgIpc) is 3.44. The van der Waals surface area contributed by atoms with E-state index >= 15 is 0 Å². The summed E-state index contributed by atoms with van der Waals surface area (Å²) >= 11 is 1.86. The Morgan fingerprint density at radius 3 is 2.73 bits per heavy atom. The summed E-state index contributed by atoms with van der Waals surface area (Å²) in [4.78, 5) is 13.3. The Balaban J connectivity index is 1.20. The topological polar surface area (TPSA) is 109 Å². The van der Waals surface area contributed by atoms with Gasteiger partial charge in [-0.1, -0.05) is 26.8 Å². The minimum Gasteiger partial charge on any atom is -0.383 e. The highest BCUT2D eigenvalue weighted by Gasteiger charge is 2.55. The van der Waals surface area contributed by atoms with Crippen LogP contribution in [0.4, 0.5) is 5.82 Å². The molecule has 0 bridgehead atoms. The quantitative estimate of drug-likeness (QED) is 0.422. The summed E-state index contributed by atoms with van der Waals surface area (Å²) in [5, 5.41) is 4.43. The van der Waals surface area contributed by atoms with E-state index in [4.69, 9.17) is 19.9 Å². The molecule has 0 spiro atoms. The minimum absolute atomic E-state index is 0.0262. The Hall–Kier alpha value is -2.24. The Kier molecular flexibility index (Phi) is 7.23. The van der Waals surface area contributed by atoms with Gasteiger partial charge in [0.15, 0.2) is 12.0 Å². The zero-order valence-corrected chi connectivity index (χ0v) is 23.3. The fraction of sp³-hybridized carbons (Fsp3) is 0.593. The first-order chi connectivity index (χ1) is 17.5. The molecule has 0 amide bonds. The molecule has 0 aromatic carbocycles. The van der Waals surface area contributed by atoms with Crippen LogP contribution in [0.1, 0.15) is 57.7 Å². The number of nitrogens with one attached hydrogen (secondary N) is 1. The lowest BCUT2D eigenvalue weighted by molar-refractivity contribution is -0.193. The zero-order valence-electron chi connectivity index (χ0n) is 22.5. The number of hydrogen-bond acceptors (Lipinski definition) is 9. The molecule has 4 atom stereocenters. The van der Waals surface area contributed by atoms with E-state index in [1.165, 1.54) is 11.9 Å². The van der Waals surface area contributed by atoms with Crippen LogP contribution in [0, 0.1) is 6.92 Å². The van der Waals surface area contributed by atoms with Gasteiger partial charge in [-0.2, -0.15) is 11.8 Å². The first kappa shape index (κ1) is 26.4. The standard InChI is InChI=1S/C27H38N6O3S/c1-16-13-33(24-19(16)23(28)31-15-32-24)25-21-20(35-27(5,6)36-21)18(34-25)14-37-11-10-29-12-17-8-7-9-30-22(17)26(2,3)4/h7-9,13,15,18,20-21,25,29H,10-12,14H2,1-6H3,(H2,28,31,32)/t18?,20-,21-,25?/m1/s1. The van der Waals surface area contributed by atoms with Gasteiger partial charge < -0.3 is 29.8 Å². The summed E-state index contributed by atoms with van der Waals surface area (Å²) in [6.07, 6.45) is 4.57. The van der Waals surface area contributed by atoms with Gasteiger partial charge in [-0.05, 0) is 38.0 Å². The molecule has 0 aliphatic carbocycles. The van der Waals surface area contributed by atoms with Crippen LogP contribution in [0.5, 0.6) is 0 Å². The van der Waals surface area contributed by atoms with Gasteiger partial charge in [0.25, 0.3) is 0 Å². The molecule has 5 rings (SSSR count). The zero-order chi connectivity index (χ0) is 26.4. The van der Waals surface area contributed by atoms with Crippen molar-refractivity contribution in [2.45, 2.75) is 83.8 Å². The first-order valence-corrected chi connectivity index (χ1v) is 14.0. The first-order valence-electron chi connectivity index (χ1n) is 12.9. The van der Waals surface area contributed by atoms with Gasteiger partial charge in [0.2, 0.25) is 0 Å². The van der Waals surface area contributed by atoms with Crippen molar-refractivity contribution in [1.29, 1.82) is 0 Å². The third-order valence-corrected chi connectivity index (χ3v) is 7.91. The van der Waals surface area contributed by atoms with Crippen molar-refractivity contribution in [3.63, 3.8) is 0 Å². The fourth-order valence-electron chi connectivity index (χ4n) is 5.33. The van der Waals surface area contributed by atoms with Crippen LogP contribution in [0.3, 0.4) is 0 Å². The van der Waals surface area contributed by atoms with Crippen molar-refractivity contribution >= 4 is 28.6 Å². The lowest BCUT2D eigenvalue weighted by atomic mass is 9.88. The second-order valence-corrected chi connectivity index (χ2v) is 12.5. The number of pyridine rings is 1. The van der Waals surface area contributed by atoms with E-state index in [9.17, 15) is 0 Å². The lowest BCUT2D eigenvalue weighted by Crippen LogP contribution is -2.31. The smallest absolute Gasteiger partial charge is 0.164 e. The summed E-state index contributed by atoms with van der Waals surface area (Å²) in [6.45, 7) is 14.2. The molecule has 10 heteroatoms. The Labute approximate surface area is 222 Å². The highest BCUT2D eigenvalue weighted by Crippen LogP contribution is 2.45. The van der Waals surface area contributed by atoms with Crippen molar-refractivity contribution in [2.75, 3.05) is 23.8 Å². The maximum absolute atomic E-state index is 6.56. The van der Waals surface area contributed by atoms with Crippen molar-refractivity contribution in [1.82, 2.24) is 24.8 Å². The van der Waals surface area contributed by atoms with Crippen LogP contribution in [0.25, 0.3) is 11.0 Å². The molecule has 37 heavy (non-hydrogen) atoms. The second kappa shape index (κ2) is 10.1. The van der Waals surface area contributed by atoms with Crippen LogP contribution in [0.15, 0.2) is 30.9 Å². The summed E-state index contributed by atoms with van der Waals surface area (Å²) in [7, 11) is 0. The third-order valence-electron chi connectivity index (χ3n) is 6.85. The van der Waals surface area contributed by atoms with E-state index in [2.05, 4.69) is 47.1 Å². The normalized spacial score (nSPS) is 25.1. The molecule has 3 N–H and O–H groups in total. The number of hydrogen-bond donors (Lipinski definition) is 2. The van der Waals surface area contributed by atoms with Gasteiger partial charge in [-0.25, -0.2) is 9.97 Å². The van der Waals surface area contributed by atoms with Gasteiger partial charge in [-0.15, -0.1) is 0 Å². The number of nitrogens with two attached hydrogens (primary N) is 1. The predicted molar refractivity (Wildman–Crippen MR) is 146 cm³/mol. The molecular formula is C27H38N6O3S. The van der Waals surface area contributed by atoms with Crippen molar-refractivity contribution < 1.29 is 14.2 Å². The molecular weight excluding hydrogens is 488 g/mol. The lowest BCUT2D eigenvalue weighted by Gasteiger charge is -2.25. The fourth-order valence-corrected chi connectivity index (χ4v) is 6.29. The van der Waals surface area contributed by atoms with Crippen LogP contribution < -0.4 is 11.1 Å². The Morgan fingerprint density at radius 2 is 1.95 bits per heavy atom. The predicted octanol–water partition coefficient (Wildman–Crippen LogP) is 3.95. The van der Waals surface area contributed by atoms with E-state index in [1.807, 2.05) is 55.6 Å². The molecule has 9 nitrogen and oxygen atoms in total. The molecule has 0 saturated carbocycles. The van der Waals surface area contributed by atoms with E-state index in [0.717, 1.165) is 46.9 Å². The number of fused-ring (bicyclic) bond motifs is 2. The van der Waals surface area contributed by atoms with Gasteiger partial charge in [-0.3, -0.25) is 4.98 Å². The van der Waals surface area contributed by atoms with Crippen LogP contribution in [0.2, 0.25) is 0 Å². The summed E-state index contributed by atoms with van der Waals surface area (Å²) in [6, 6.07) is 4.16. The molecule has 2 fully saturated rings. The molecule has 3 aromatic rings. The minimum atomic E-state index is -0.664. The van der Waals surface area contributed by atoms with E-state index in [-0.39, 0.29) is 30.0 Å². The average molecular weight is 527 g/mol. The number of aryl methyl sites for hydroxylation is 1. The number of anilines is 1. The SMILES string of the molecule is Cc1cn(C2OC(CSCCNCc3cccnc3C(C)(C)C)[C@H]3OC(C)(C)O[C@@H]23)c2ncnc(N)c12. The highest BCUT2D eigenvalue weighted by atomic mass is 32.2. The summed E-state index contributed by atoms with van der Waals surface area (Å²) in [5.74, 6) is 1.59. The number of aromatic nitrogens is 4. The number of rotatable bonds is 8. The van der Waals surface area contributed by atoms with Gasteiger partial charge in [0.05, 0.1) is 17.2 Å². The number of ether oxygens (including phenoxy) is 3. The maximum Gasteiger partial charge on any atom is 0.164 e. The van der Waals surface area contributed by atoms with Gasteiger partial charge in [0, 0.05) is 42.4 Å². The molecule has 2 aliphatic rings. The number of nitrogens with zero attached hydrogens (tertiary/aromatic N) is 4. The van der Waals surface area contributed by atoms with E-state index < -0.39 is 5.79 Å². The number of nitrogen functional groups attached to an aromatic ring is 1. The Morgan fingerprint density at radius 1 is 1.16 bits per heavy atom. The Bertz CT molecular complexity index is 1260. The summed E-state index contributed by atoms with van der Waals surface area (Å²) < 4.78 is 21.2. The largest absolute Gasteiger partial charge is 0.383 e.